The third-order valence-electron chi connectivity index (χ3n) is 0.902. The highest BCUT2D eigenvalue weighted by Crippen LogP contribution is 2.07. The first-order chi connectivity index (χ1) is 4.95. The Hall–Kier alpha value is -0.380. The van der Waals surface area contributed by atoms with Crippen molar-refractivity contribution in [1.82, 2.24) is 5.32 Å². The van der Waals surface area contributed by atoms with Crippen LogP contribution < -0.4 is 5.32 Å². The van der Waals surface area contributed by atoms with Crippen molar-refractivity contribution in [3.63, 3.8) is 0 Å². The van der Waals surface area contributed by atoms with E-state index in [4.69, 9.17) is 9.84 Å². The summed E-state index contributed by atoms with van der Waals surface area (Å²) in [5.74, 6) is 0. The van der Waals surface area contributed by atoms with Crippen LogP contribution >= 0.6 is 0 Å². The minimum absolute atomic E-state index is 0.326. The molecule has 0 aromatic carbocycles. The van der Waals surface area contributed by atoms with Gasteiger partial charge >= 0.3 is 0 Å². The number of aliphatic hydroxyl groups excluding tert-OH is 1. The molecular weight excluding hydrogens is 142 g/mol. The molecule has 11 heavy (non-hydrogen) atoms. The van der Waals surface area contributed by atoms with Crippen molar-refractivity contribution < 1.29 is 9.84 Å². The Kier molecular flexibility index (Phi) is 4.33. The molecular formula is C8H17NO2. The molecule has 0 aromatic heterocycles. The maximum atomic E-state index is 9.13. The Bertz CT molecular complexity index is 118. The van der Waals surface area contributed by atoms with Crippen LogP contribution in [0.2, 0.25) is 0 Å². The van der Waals surface area contributed by atoms with Gasteiger partial charge in [-0.15, -0.1) is 6.58 Å². The van der Waals surface area contributed by atoms with Gasteiger partial charge in [-0.3, -0.25) is 5.32 Å². The highest BCUT2D eigenvalue weighted by atomic mass is 16.6. The Morgan fingerprint density at radius 3 is 2.55 bits per heavy atom. The molecule has 0 spiro atoms. The van der Waals surface area contributed by atoms with Gasteiger partial charge in [-0.1, -0.05) is 6.08 Å². The van der Waals surface area contributed by atoms with Gasteiger partial charge in [-0.25, -0.2) is 0 Å². The Morgan fingerprint density at radius 1 is 1.64 bits per heavy atom. The lowest BCUT2D eigenvalue weighted by atomic mass is 10.2. The summed E-state index contributed by atoms with van der Waals surface area (Å²) >= 11 is 0. The molecule has 66 valence electrons. The molecule has 0 fully saturated rings. The fourth-order valence-corrected chi connectivity index (χ4v) is 0.561. The Morgan fingerprint density at radius 2 is 2.18 bits per heavy atom. The van der Waals surface area contributed by atoms with Crippen molar-refractivity contribution in [3.05, 3.63) is 12.7 Å². The highest BCUT2D eigenvalue weighted by molar-refractivity contribution is 4.69. The summed E-state index contributed by atoms with van der Waals surface area (Å²) in [4.78, 5) is 0. The molecule has 0 rings (SSSR count). The minimum atomic E-state index is -0.909. The number of rotatable bonds is 4. The lowest BCUT2D eigenvalue weighted by Crippen LogP contribution is -2.37. The lowest BCUT2D eigenvalue weighted by molar-refractivity contribution is -0.179. The van der Waals surface area contributed by atoms with E-state index in [1.165, 1.54) is 0 Å². The SMILES string of the molecule is C=CCN[C@@H](O)OC(C)(C)C. The maximum absolute atomic E-state index is 9.13. The van der Waals surface area contributed by atoms with Gasteiger partial charge < -0.3 is 9.84 Å². The van der Waals surface area contributed by atoms with Crippen LogP contribution in [0.25, 0.3) is 0 Å². The molecule has 0 saturated heterocycles. The summed E-state index contributed by atoms with van der Waals surface area (Å²) in [7, 11) is 0. The van der Waals surface area contributed by atoms with Crippen LogP contribution in [0, 0.1) is 0 Å². The molecule has 0 amide bonds. The summed E-state index contributed by atoms with van der Waals surface area (Å²) in [6.45, 7) is 9.68. The first-order valence-corrected chi connectivity index (χ1v) is 3.66. The van der Waals surface area contributed by atoms with E-state index in [9.17, 15) is 0 Å². The molecule has 3 nitrogen and oxygen atoms in total. The zero-order valence-electron chi connectivity index (χ0n) is 7.42. The van der Waals surface area contributed by atoms with E-state index in [-0.39, 0.29) is 5.60 Å². The molecule has 0 bridgehead atoms. The zero-order valence-corrected chi connectivity index (χ0v) is 7.42. The standard InChI is InChI=1S/C8H17NO2/c1-5-6-9-7(10)11-8(2,3)4/h5,7,9-10H,1,6H2,2-4H3/t7-/m0/s1. The van der Waals surface area contributed by atoms with Crippen molar-refractivity contribution in [2.45, 2.75) is 32.8 Å². The van der Waals surface area contributed by atoms with E-state index >= 15 is 0 Å². The predicted molar refractivity (Wildman–Crippen MR) is 45.0 cm³/mol. The molecule has 0 saturated carbocycles. The number of nitrogens with one attached hydrogen (secondary N) is 1. The monoisotopic (exact) mass is 159 g/mol. The van der Waals surface area contributed by atoms with Crippen molar-refractivity contribution >= 4 is 0 Å². The average Bonchev–Trinajstić information content (AvgIpc) is 1.79. The molecule has 3 heteroatoms. The van der Waals surface area contributed by atoms with Gasteiger partial charge in [0.2, 0.25) is 6.41 Å². The molecule has 1 atom stereocenters. The van der Waals surface area contributed by atoms with E-state index in [2.05, 4.69) is 11.9 Å². The number of hydrogen-bond acceptors (Lipinski definition) is 3. The molecule has 0 radical (unpaired) electrons. The molecule has 0 aliphatic heterocycles. The molecule has 2 N–H and O–H groups in total. The zero-order chi connectivity index (χ0) is 8.91. The second-order valence-corrected chi connectivity index (χ2v) is 3.28. The van der Waals surface area contributed by atoms with Crippen LogP contribution in [-0.2, 0) is 4.74 Å². The van der Waals surface area contributed by atoms with E-state index < -0.39 is 6.41 Å². The molecule has 0 aliphatic carbocycles. The van der Waals surface area contributed by atoms with Crippen LogP contribution in [-0.4, -0.2) is 23.7 Å². The summed E-state index contributed by atoms with van der Waals surface area (Å²) in [6.07, 6.45) is 0.753. The minimum Gasteiger partial charge on any atom is -0.356 e. The molecule has 0 heterocycles. The van der Waals surface area contributed by atoms with Gasteiger partial charge in [0.25, 0.3) is 0 Å². The Labute approximate surface area is 68.1 Å². The van der Waals surface area contributed by atoms with E-state index in [1.54, 1.807) is 6.08 Å². The smallest absolute Gasteiger partial charge is 0.214 e. The van der Waals surface area contributed by atoms with E-state index in [1.807, 2.05) is 20.8 Å². The quantitative estimate of drug-likeness (QED) is 0.472. The van der Waals surface area contributed by atoms with Gasteiger partial charge in [-0.05, 0) is 20.8 Å². The predicted octanol–water partition coefficient (Wildman–Crippen LogP) is 0.853. The molecule has 0 aromatic rings. The van der Waals surface area contributed by atoms with Crippen LogP contribution in [0.1, 0.15) is 20.8 Å². The van der Waals surface area contributed by atoms with Crippen molar-refractivity contribution in [3.8, 4) is 0 Å². The highest BCUT2D eigenvalue weighted by Gasteiger charge is 2.14. The second kappa shape index (κ2) is 4.49. The summed E-state index contributed by atoms with van der Waals surface area (Å²) in [6, 6.07) is 0. The largest absolute Gasteiger partial charge is 0.356 e. The first-order valence-electron chi connectivity index (χ1n) is 3.66. The molecule has 0 aliphatic rings. The third-order valence-corrected chi connectivity index (χ3v) is 0.902. The van der Waals surface area contributed by atoms with Crippen molar-refractivity contribution in [2.75, 3.05) is 6.54 Å². The van der Waals surface area contributed by atoms with Gasteiger partial charge in [0.15, 0.2) is 0 Å². The summed E-state index contributed by atoms with van der Waals surface area (Å²) in [5, 5.41) is 11.8. The Balaban J connectivity index is 3.51. The summed E-state index contributed by atoms with van der Waals surface area (Å²) in [5.41, 5.74) is -0.326. The lowest BCUT2D eigenvalue weighted by Gasteiger charge is -2.23. The average molecular weight is 159 g/mol. The summed E-state index contributed by atoms with van der Waals surface area (Å²) < 4.78 is 5.14. The van der Waals surface area contributed by atoms with Crippen LogP contribution in [0.15, 0.2) is 12.7 Å². The van der Waals surface area contributed by atoms with Crippen molar-refractivity contribution in [2.24, 2.45) is 0 Å². The van der Waals surface area contributed by atoms with Crippen LogP contribution in [0.5, 0.6) is 0 Å². The van der Waals surface area contributed by atoms with Crippen molar-refractivity contribution in [1.29, 1.82) is 0 Å². The third kappa shape index (κ3) is 7.52. The normalized spacial score (nSPS) is 14.5. The van der Waals surface area contributed by atoms with Gasteiger partial charge in [0.05, 0.1) is 5.60 Å². The fourth-order valence-electron chi connectivity index (χ4n) is 0.561. The maximum Gasteiger partial charge on any atom is 0.214 e. The van der Waals surface area contributed by atoms with Gasteiger partial charge in [0.1, 0.15) is 0 Å². The first kappa shape index (κ1) is 10.6. The topological polar surface area (TPSA) is 41.5 Å². The van der Waals surface area contributed by atoms with Crippen LogP contribution in [0.3, 0.4) is 0 Å². The number of hydrogen-bond donors (Lipinski definition) is 2. The van der Waals surface area contributed by atoms with E-state index in [0.29, 0.717) is 6.54 Å². The van der Waals surface area contributed by atoms with Gasteiger partial charge in [-0.2, -0.15) is 0 Å². The molecule has 0 unspecified atom stereocenters. The van der Waals surface area contributed by atoms with Gasteiger partial charge in [0, 0.05) is 6.54 Å². The number of aliphatic hydroxyl groups is 1. The fraction of sp³-hybridized carbons (Fsp3) is 0.750. The second-order valence-electron chi connectivity index (χ2n) is 3.28. The number of ether oxygens (including phenoxy) is 1. The van der Waals surface area contributed by atoms with Crippen LogP contribution in [0.4, 0.5) is 0 Å². The van der Waals surface area contributed by atoms with E-state index in [0.717, 1.165) is 0 Å².